The summed E-state index contributed by atoms with van der Waals surface area (Å²) in [5.41, 5.74) is 5.09. The summed E-state index contributed by atoms with van der Waals surface area (Å²) in [6.07, 6.45) is 9.89. The Hall–Kier alpha value is -1.11. The molecule has 1 aliphatic rings. The molecule has 2 nitrogen and oxygen atoms in total. The van der Waals surface area contributed by atoms with Crippen molar-refractivity contribution in [2.24, 2.45) is 5.73 Å². The van der Waals surface area contributed by atoms with Gasteiger partial charge in [-0.15, -0.1) is 6.42 Å². The standard InChI is InChI=1S/C10H12FNO/c1-2-6-13-8-10(12)5-3-4-9(11)7-10/h1,3-5H,6-8,12H2. The van der Waals surface area contributed by atoms with Crippen LogP contribution in [0.4, 0.5) is 4.39 Å². The van der Waals surface area contributed by atoms with Crippen molar-refractivity contribution >= 4 is 0 Å². The SMILES string of the molecule is C#CCOCC1(N)C=CC=C(F)C1. The van der Waals surface area contributed by atoms with Crippen molar-refractivity contribution in [3.8, 4) is 12.3 Å². The number of nitrogens with two attached hydrogens (primary N) is 1. The summed E-state index contributed by atoms with van der Waals surface area (Å²) in [5, 5.41) is 0. The second kappa shape index (κ2) is 4.22. The van der Waals surface area contributed by atoms with Crippen molar-refractivity contribution in [2.45, 2.75) is 12.0 Å². The molecule has 0 radical (unpaired) electrons. The molecule has 0 aromatic rings. The Kier molecular flexibility index (Phi) is 3.24. The van der Waals surface area contributed by atoms with E-state index < -0.39 is 5.54 Å². The minimum absolute atomic E-state index is 0.175. The zero-order chi connectivity index (χ0) is 9.73. The van der Waals surface area contributed by atoms with Gasteiger partial charge in [-0.05, 0) is 6.08 Å². The van der Waals surface area contributed by atoms with Gasteiger partial charge < -0.3 is 10.5 Å². The van der Waals surface area contributed by atoms with E-state index >= 15 is 0 Å². The third-order valence-corrected chi connectivity index (χ3v) is 1.76. The van der Waals surface area contributed by atoms with E-state index in [1.807, 2.05) is 0 Å². The number of rotatable bonds is 3. The second-order valence-corrected chi connectivity index (χ2v) is 3.08. The topological polar surface area (TPSA) is 35.2 Å². The average molecular weight is 181 g/mol. The molecule has 2 N–H and O–H groups in total. The molecule has 0 spiro atoms. The summed E-state index contributed by atoms with van der Waals surface area (Å²) in [5.74, 6) is 2.10. The van der Waals surface area contributed by atoms with Gasteiger partial charge in [-0.1, -0.05) is 18.1 Å². The third kappa shape index (κ3) is 3.02. The summed E-state index contributed by atoms with van der Waals surface area (Å²) < 4.78 is 17.9. The Morgan fingerprint density at radius 2 is 2.54 bits per heavy atom. The Bertz CT molecular complexity index is 277. The highest BCUT2D eigenvalue weighted by Crippen LogP contribution is 2.21. The first-order valence-electron chi connectivity index (χ1n) is 4.00. The van der Waals surface area contributed by atoms with E-state index in [1.54, 1.807) is 12.2 Å². The molecule has 1 atom stereocenters. The fourth-order valence-electron chi connectivity index (χ4n) is 1.18. The molecule has 70 valence electrons. The molecular formula is C10H12FNO. The normalized spacial score (nSPS) is 26.7. The number of terminal acetylenes is 1. The fourth-order valence-corrected chi connectivity index (χ4v) is 1.18. The van der Waals surface area contributed by atoms with Crippen LogP contribution in [0.15, 0.2) is 24.1 Å². The van der Waals surface area contributed by atoms with E-state index in [-0.39, 0.29) is 25.5 Å². The number of hydrogen-bond acceptors (Lipinski definition) is 2. The minimum Gasteiger partial charge on any atom is -0.367 e. The summed E-state index contributed by atoms with van der Waals surface area (Å²) in [6, 6.07) is 0. The molecule has 1 rings (SSSR count). The molecule has 13 heavy (non-hydrogen) atoms. The molecule has 0 saturated heterocycles. The van der Waals surface area contributed by atoms with Gasteiger partial charge in [0.15, 0.2) is 0 Å². The van der Waals surface area contributed by atoms with Crippen LogP contribution in [0, 0.1) is 12.3 Å². The minimum atomic E-state index is -0.740. The van der Waals surface area contributed by atoms with Gasteiger partial charge in [-0.25, -0.2) is 4.39 Å². The molecule has 0 aromatic heterocycles. The lowest BCUT2D eigenvalue weighted by molar-refractivity contribution is 0.124. The van der Waals surface area contributed by atoms with Gasteiger partial charge in [0.05, 0.1) is 12.1 Å². The lowest BCUT2D eigenvalue weighted by Gasteiger charge is -2.26. The quantitative estimate of drug-likeness (QED) is 0.523. The maximum atomic E-state index is 12.8. The van der Waals surface area contributed by atoms with Crippen LogP contribution in [0.2, 0.25) is 0 Å². The zero-order valence-corrected chi connectivity index (χ0v) is 7.29. The number of halogens is 1. The average Bonchev–Trinajstić information content (AvgIpc) is 2.04. The molecule has 0 fully saturated rings. The van der Waals surface area contributed by atoms with Crippen LogP contribution in [0.5, 0.6) is 0 Å². The molecule has 0 bridgehead atoms. The van der Waals surface area contributed by atoms with Gasteiger partial charge in [0, 0.05) is 6.42 Å². The Morgan fingerprint density at radius 3 is 3.15 bits per heavy atom. The molecule has 0 aliphatic heterocycles. The molecule has 3 heteroatoms. The fraction of sp³-hybridized carbons (Fsp3) is 0.400. The first-order valence-corrected chi connectivity index (χ1v) is 4.00. The summed E-state index contributed by atoms with van der Waals surface area (Å²) in [7, 11) is 0. The van der Waals surface area contributed by atoms with E-state index in [1.165, 1.54) is 6.08 Å². The van der Waals surface area contributed by atoms with Crippen molar-refractivity contribution in [1.29, 1.82) is 0 Å². The van der Waals surface area contributed by atoms with Crippen molar-refractivity contribution < 1.29 is 9.13 Å². The Labute approximate surface area is 77.3 Å². The van der Waals surface area contributed by atoms with Crippen molar-refractivity contribution in [3.63, 3.8) is 0 Å². The van der Waals surface area contributed by atoms with Crippen molar-refractivity contribution in [3.05, 3.63) is 24.1 Å². The van der Waals surface area contributed by atoms with Crippen LogP contribution in [-0.4, -0.2) is 18.8 Å². The second-order valence-electron chi connectivity index (χ2n) is 3.08. The molecule has 1 unspecified atom stereocenters. The van der Waals surface area contributed by atoms with E-state index in [2.05, 4.69) is 5.92 Å². The predicted octanol–water partition coefficient (Wildman–Crippen LogP) is 1.15. The summed E-state index contributed by atoms with van der Waals surface area (Å²) in [6.45, 7) is 0.451. The smallest absolute Gasteiger partial charge is 0.107 e. The van der Waals surface area contributed by atoms with Crippen LogP contribution in [0.25, 0.3) is 0 Å². The van der Waals surface area contributed by atoms with Crippen molar-refractivity contribution in [1.82, 2.24) is 0 Å². The van der Waals surface area contributed by atoms with Gasteiger partial charge in [-0.3, -0.25) is 0 Å². The van der Waals surface area contributed by atoms with E-state index in [0.717, 1.165) is 0 Å². The van der Waals surface area contributed by atoms with Crippen LogP contribution in [0.3, 0.4) is 0 Å². The Morgan fingerprint density at radius 1 is 1.77 bits per heavy atom. The maximum Gasteiger partial charge on any atom is 0.107 e. The first kappa shape index (κ1) is 9.97. The molecule has 0 amide bonds. The van der Waals surface area contributed by atoms with Gasteiger partial charge >= 0.3 is 0 Å². The van der Waals surface area contributed by atoms with Crippen LogP contribution in [-0.2, 0) is 4.74 Å². The number of allylic oxidation sites excluding steroid dienone is 2. The van der Waals surface area contributed by atoms with Gasteiger partial charge in [0.1, 0.15) is 12.4 Å². The van der Waals surface area contributed by atoms with Gasteiger partial charge in [-0.2, -0.15) is 0 Å². The maximum absolute atomic E-state index is 12.8. The lowest BCUT2D eigenvalue weighted by atomic mass is 9.93. The van der Waals surface area contributed by atoms with Crippen molar-refractivity contribution in [2.75, 3.05) is 13.2 Å². The van der Waals surface area contributed by atoms with Gasteiger partial charge in [0.2, 0.25) is 0 Å². The number of hydrogen-bond donors (Lipinski definition) is 1. The monoisotopic (exact) mass is 181 g/mol. The molecule has 1 aliphatic carbocycles. The first-order chi connectivity index (χ1) is 6.16. The van der Waals surface area contributed by atoms with Crippen LogP contribution < -0.4 is 5.73 Å². The highest BCUT2D eigenvalue weighted by molar-refractivity contribution is 5.23. The van der Waals surface area contributed by atoms with E-state index in [4.69, 9.17) is 16.9 Å². The largest absolute Gasteiger partial charge is 0.367 e. The Balaban J connectivity index is 2.45. The zero-order valence-electron chi connectivity index (χ0n) is 7.29. The molecule has 0 saturated carbocycles. The molecule has 0 heterocycles. The highest BCUT2D eigenvalue weighted by Gasteiger charge is 2.25. The lowest BCUT2D eigenvalue weighted by Crippen LogP contribution is -2.43. The van der Waals surface area contributed by atoms with Crippen LogP contribution >= 0.6 is 0 Å². The third-order valence-electron chi connectivity index (χ3n) is 1.76. The number of ether oxygens (including phenoxy) is 1. The highest BCUT2D eigenvalue weighted by atomic mass is 19.1. The van der Waals surface area contributed by atoms with Gasteiger partial charge in [0.25, 0.3) is 0 Å². The van der Waals surface area contributed by atoms with E-state index in [9.17, 15) is 4.39 Å². The molecule has 0 aromatic carbocycles. The van der Waals surface area contributed by atoms with Crippen LogP contribution in [0.1, 0.15) is 6.42 Å². The summed E-state index contributed by atoms with van der Waals surface area (Å²) >= 11 is 0. The van der Waals surface area contributed by atoms with E-state index in [0.29, 0.717) is 0 Å². The molecular weight excluding hydrogens is 169 g/mol. The summed E-state index contributed by atoms with van der Waals surface area (Å²) in [4.78, 5) is 0. The predicted molar refractivity (Wildman–Crippen MR) is 49.5 cm³/mol.